The second-order valence-corrected chi connectivity index (χ2v) is 21.3. The van der Waals surface area contributed by atoms with Crippen molar-refractivity contribution in [3.8, 4) is 11.5 Å². The molecule has 0 aromatic heterocycles. The first-order valence-corrected chi connectivity index (χ1v) is 22.4. The van der Waals surface area contributed by atoms with E-state index in [1.54, 1.807) is 7.11 Å². The van der Waals surface area contributed by atoms with Gasteiger partial charge in [0.05, 0.1) is 17.2 Å². The number of rotatable bonds is 10. The van der Waals surface area contributed by atoms with Crippen molar-refractivity contribution >= 4 is 7.82 Å². The topological polar surface area (TPSA) is 97.5 Å². The average Bonchev–Trinajstić information content (AvgIpc) is 4.01. The summed E-state index contributed by atoms with van der Waals surface area (Å²) in [4.78, 5) is 14.8. The van der Waals surface area contributed by atoms with Gasteiger partial charge < -0.3 is 19.5 Å². The predicted molar refractivity (Wildman–Crippen MR) is 209 cm³/mol. The zero-order chi connectivity index (χ0) is 38.0. The Hall–Kier alpha value is -2.71. The zero-order valence-corrected chi connectivity index (χ0v) is 33.8. The van der Waals surface area contributed by atoms with Crippen LogP contribution in [0.3, 0.4) is 0 Å². The number of benzene rings is 3. The fourth-order valence-corrected chi connectivity index (χ4v) is 15.8. The summed E-state index contributed by atoms with van der Waals surface area (Å²) in [6.07, 6.45) is 8.31. The Kier molecular flexibility index (Phi) is 7.13. The molecule has 10 atom stereocenters. The fraction of sp³-hybridized carbons (Fsp3) is 0.609. The Balaban J connectivity index is 0.926. The molecule has 1 saturated heterocycles. The van der Waals surface area contributed by atoms with Crippen molar-refractivity contribution in [1.82, 2.24) is 4.90 Å². The maximum atomic E-state index is 14.6. The van der Waals surface area contributed by atoms with Crippen LogP contribution >= 0.6 is 7.82 Å². The number of hydrogen-bond donors (Lipinski definition) is 2. The van der Waals surface area contributed by atoms with Crippen LogP contribution in [0.25, 0.3) is 0 Å². The number of likely N-dealkylation sites (tertiary alicyclic amines) is 1. The summed E-state index contributed by atoms with van der Waals surface area (Å²) >= 11 is 0. The van der Waals surface area contributed by atoms with Gasteiger partial charge in [-0.2, -0.15) is 0 Å². The molecule has 2 heterocycles. The molecule has 4 bridgehead atoms. The summed E-state index contributed by atoms with van der Waals surface area (Å²) in [5.74, 6) is 1.33. The number of methoxy groups -OCH3 is 1. The van der Waals surface area contributed by atoms with Gasteiger partial charge >= 0.3 is 7.82 Å². The van der Waals surface area contributed by atoms with Gasteiger partial charge in [-0.3, -0.25) is 13.9 Å². The molecule has 10 unspecified atom stereocenters. The molecule has 7 aliphatic carbocycles. The SMILES string of the molecule is COC12CCC3(CC1C(C)(OP(=O)(O)OC1CCC(c4ccccc4)(c4ccccc4)CC1)C(C)(C)C)C1N(CC4CC4)C14CC31c3c4ccc(O)c3OC21. The van der Waals surface area contributed by atoms with E-state index in [0.29, 0.717) is 24.6 Å². The van der Waals surface area contributed by atoms with Gasteiger partial charge in [-0.25, -0.2) is 4.57 Å². The number of phosphoric ester groups is 1. The van der Waals surface area contributed by atoms with E-state index < -0.39 is 30.5 Å². The van der Waals surface area contributed by atoms with Crippen LogP contribution in [0.2, 0.25) is 0 Å². The molecule has 6 saturated carbocycles. The van der Waals surface area contributed by atoms with Gasteiger partial charge in [0, 0.05) is 47.4 Å². The molecule has 3 spiro atoms. The molecule has 2 aliphatic heterocycles. The number of aromatic hydroxyl groups is 1. The third-order valence-electron chi connectivity index (χ3n) is 17.2. The molecule has 3 aromatic carbocycles. The van der Waals surface area contributed by atoms with E-state index in [-0.39, 0.29) is 39.6 Å². The summed E-state index contributed by atoms with van der Waals surface area (Å²) in [5.41, 5.74) is 2.00. The van der Waals surface area contributed by atoms with Crippen molar-refractivity contribution in [2.45, 2.75) is 138 Å². The number of ether oxygens (including phenoxy) is 2. The minimum Gasteiger partial charge on any atom is -0.504 e. The lowest BCUT2D eigenvalue weighted by Gasteiger charge is -2.69. The van der Waals surface area contributed by atoms with Crippen molar-refractivity contribution < 1.29 is 33.1 Å². The van der Waals surface area contributed by atoms with Crippen LogP contribution in [0.1, 0.15) is 114 Å². The highest BCUT2D eigenvalue weighted by molar-refractivity contribution is 7.47. The molecule has 292 valence electrons. The third kappa shape index (κ3) is 4.25. The molecule has 0 amide bonds. The summed E-state index contributed by atoms with van der Waals surface area (Å²) in [6.45, 7) is 9.51. The third-order valence-corrected chi connectivity index (χ3v) is 18.4. The van der Waals surface area contributed by atoms with Gasteiger partial charge in [0.15, 0.2) is 11.5 Å². The molecule has 9 heteroatoms. The van der Waals surface area contributed by atoms with Gasteiger partial charge in [0.25, 0.3) is 0 Å². The van der Waals surface area contributed by atoms with E-state index in [9.17, 15) is 14.6 Å². The van der Waals surface area contributed by atoms with Crippen LogP contribution in [0.4, 0.5) is 0 Å². The molecule has 55 heavy (non-hydrogen) atoms. The van der Waals surface area contributed by atoms with Gasteiger partial charge in [0.2, 0.25) is 0 Å². The molecule has 8 nitrogen and oxygen atoms in total. The van der Waals surface area contributed by atoms with Gasteiger partial charge in [0.1, 0.15) is 11.7 Å². The number of fused-ring (bicyclic) bond motifs is 2. The van der Waals surface area contributed by atoms with E-state index in [1.807, 2.05) is 13.0 Å². The molecule has 0 radical (unpaired) electrons. The quantitative estimate of drug-likeness (QED) is 0.156. The lowest BCUT2D eigenvalue weighted by Crippen LogP contribution is -2.78. The van der Waals surface area contributed by atoms with Crippen LogP contribution in [-0.2, 0) is 34.7 Å². The summed E-state index contributed by atoms with van der Waals surface area (Å²) < 4.78 is 41.6. The fourth-order valence-electron chi connectivity index (χ4n) is 14.3. The Labute approximate surface area is 325 Å². The van der Waals surface area contributed by atoms with Gasteiger partial charge in [-0.15, -0.1) is 0 Å². The summed E-state index contributed by atoms with van der Waals surface area (Å²) in [5, 5.41) is 11.3. The van der Waals surface area contributed by atoms with Crippen molar-refractivity contribution in [2.24, 2.45) is 22.7 Å². The van der Waals surface area contributed by atoms with E-state index in [2.05, 4.69) is 92.4 Å². The van der Waals surface area contributed by atoms with Crippen molar-refractivity contribution in [3.05, 3.63) is 95.1 Å². The number of hydrogen-bond acceptors (Lipinski definition) is 7. The molecule has 2 N–H and O–H groups in total. The van der Waals surface area contributed by atoms with Crippen LogP contribution in [-0.4, -0.2) is 58.0 Å². The van der Waals surface area contributed by atoms with Crippen molar-refractivity contribution in [1.29, 1.82) is 0 Å². The Bertz CT molecular complexity index is 2070. The van der Waals surface area contributed by atoms with Crippen molar-refractivity contribution in [3.63, 3.8) is 0 Å². The predicted octanol–water partition coefficient (Wildman–Crippen LogP) is 9.15. The standard InChI is InChI=1S/C46H56NO7P/c1-40(2,3)41(4,54-55(49,50)53-32-20-22-42(23-21-32,30-12-8-6-9-13-30)31-14-10-7-11-15-31)35-26-43-24-25-46(35,51-5)39-44(43)28-45(38(43)47(45)27-29-16-17-29)33-18-19-34(48)37(52-39)36(33)44/h6-15,18-19,29,32,35,38-39,48H,16-17,20-28H2,1-5H3,(H,49,50). The number of piperidine rings is 1. The Morgan fingerprint density at radius 3 is 2.15 bits per heavy atom. The monoisotopic (exact) mass is 765 g/mol. The van der Waals surface area contributed by atoms with E-state index >= 15 is 0 Å². The number of nitrogens with zero attached hydrogens (tertiary/aromatic N) is 1. The molecule has 12 rings (SSSR count). The minimum atomic E-state index is -4.59. The van der Waals surface area contributed by atoms with E-state index in [0.717, 1.165) is 51.0 Å². The highest BCUT2D eigenvalue weighted by atomic mass is 31.2. The first kappa shape index (κ1) is 35.5. The first-order chi connectivity index (χ1) is 26.2. The Morgan fingerprint density at radius 2 is 1.55 bits per heavy atom. The highest BCUT2D eigenvalue weighted by Gasteiger charge is 2.95. The lowest BCUT2D eigenvalue weighted by molar-refractivity contribution is -0.287. The van der Waals surface area contributed by atoms with E-state index in [4.69, 9.17) is 18.5 Å². The Morgan fingerprint density at radius 1 is 0.891 bits per heavy atom. The second-order valence-electron chi connectivity index (χ2n) is 20.0. The summed E-state index contributed by atoms with van der Waals surface area (Å²) in [7, 11) is -2.80. The maximum absolute atomic E-state index is 14.6. The van der Waals surface area contributed by atoms with Gasteiger partial charge in [-0.1, -0.05) is 87.5 Å². The van der Waals surface area contributed by atoms with Crippen LogP contribution in [0.5, 0.6) is 11.5 Å². The summed E-state index contributed by atoms with van der Waals surface area (Å²) in [6, 6.07) is 25.7. The van der Waals surface area contributed by atoms with Gasteiger partial charge in [-0.05, 0) is 105 Å². The van der Waals surface area contributed by atoms with Crippen LogP contribution in [0.15, 0.2) is 72.8 Å². The number of phenols is 1. The normalized spacial score (nSPS) is 39.5. The number of phenolic OH excluding ortho intramolecular Hbond substituents is 1. The van der Waals surface area contributed by atoms with Crippen LogP contribution in [0, 0.1) is 22.7 Å². The largest absolute Gasteiger partial charge is 0.504 e. The molecule has 3 aromatic rings. The second kappa shape index (κ2) is 11.1. The van der Waals surface area contributed by atoms with Crippen LogP contribution < -0.4 is 4.74 Å². The maximum Gasteiger partial charge on any atom is 0.473 e. The molecule has 9 aliphatic rings. The van der Waals surface area contributed by atoms with Crippen molar-refractivity contribution in [2.75, 3.05) is 13.7 Å². The lowest BCUT2D eigenvalue weighted by atomic mass is 9.38. The number of phosphoric acid groups is 1. The van der Waals surface area contributed by atoms with E-state index in [1.165, 1.54) is 35.1 Å². The smallest absolute Gasteiger partial charge is 0.473 e. The minimum absolute atomic E-state index is 0.0365. The molecule has 7 fully saturated rings. The molecular formula is C46H56NO7P. The highest BCUT2D eigenvalue weighted by Crippen LogP contribution is 2.90. The first-order valence-electron chi connectivity index (χ1n) is 20.9. The average molecular weight is 766 g/mol. The molecular weight excluding hydrogens is 709 g/mol. The zero-order valence-electron chi connectivity index (χ0n) is 32.9.